The van der Waals surface area contributed by atoms with Crippen molar-refractivity contribution >= 4 is 17.5 Å². The van der Waals surface area contributed by atoms with Crippen LogP contribution in [0.25, 0.3) is 11.1 Å². The fourth-order valence-electron chi connectivity index (χ4n) is 5.60. The van der Waals surface area contributed by atoms with Gasteiger partial charge in [-0.3, -0.25) is 14.3 Å². The summed E-state index contributed by atoms with van der Waals surface area (Å²) in [6.45, 7) is 7.26. The second kappa shape index (κ2) is 11.3. The van der Waals surface area contributed by atoms with Gasteiger partial charge in [-0.2, -0.15) is 5.10 Å². The molecular formula is C33H36N6O2. The second-order valence-electron chi connectivity index (χ2n) is 11.4. The zero-order valence-corrected chi connectivity index (χ0v) is 24.0. The first-order valence-electron chi connectivity index (χ1n) is 14.2. The van der Waals surface area contributed by atoms with Crippen LogP contribution in [0.3, 0.4) is 0 Å². The summed E-state index contributed by atoms with van der Waals surface area (Å²) in [5.74, 6) is 1.26. The molecule has 2 fully saturated rings. The van der Waals surface area contributed by atoms with Crippen LogP contribution in [0.15, 0.2) is 73.2 Å². The molecule has 41 heavy (non-hydrogen) atoms. The van der Waals surface area contributed by atoms with Gasteiger partial charge in [0.05, 0.1) is 6.20 Å². The van der Waals surface area contributed by atoms with Gasteiger partial charge >= 0.3 is 0 Å². The smallest absolute Gasteiger partial charge is 0.253 e. The topological polar surface area (TPSA) is 74.6 Å². The number of hydrogen-bond donors (Lipinski definition) is 0. The van der Waals surface area contributed by atoms with E-state index in [1.54, 1.807) is 10.9 Å². The molecule has 0 bridgehead atoms. The fraction of sp³-hybridized carbons (Fsp3) is 0.333. The van der Waals surface area contributed by atoms with Gasteiger partial charge in [-0.15, -0.1) is 0 Å². The van der Waals surface area contributed by atoms with E-state index in [1.807, 2.05) is 61.6 Å². The lowest BCUT2D eigenvalue weighted by Crippen LogP contribution is -2.48. The number of Topliss-reactive ketones (excluding diaryl/α,β-unsaturated/α-hetero) is 1. The van der Waals surface area contributed by atoms with Crippen LogP contribution in [0.2, 0.25) is 0 Å². The van der Waals surface area contributed by atoms with E-state index in [0.29, 0.717) is 30.1 Å². The van der Waals surface area contributed by atoms with Gasteiger partial charge in [-0.05, 0) is 60.5 Å². The molecule has 0 N–H and O–H groups in total. The summed E-state index contributed by atoms with van der Waals surface area (Å²) in [4.78, 5) is 37.4. The maximum Gasteiger partial charge on any atom is 0.253 e. The summed E-state index contributed by atoms with van der Waals surface area (Å²) in [5, 5.41) is 4.25. The first-order valence-corrected chi connectivity index (χ1v) is 14.2. The number of nitrogens with zero attached hydrogens (tertiary/aromatic N) is 6. The Morgan fingerprint density at radius 2 is 1.59 bits per heavy atom. The van der Waals surface area contributed by atoms with Gasteiger partial charge in [0.1, 0.15) is 5.82 Å². The van der Waals surface area contributed by atoms with E-state index in [-0.39, 0.29) is 18.1 Å². The number of anilines is 1. The first kappa shape index (κ1) is 26.9. The van der Waals surface area contributed by atoms with Crippen LogP contribution >= 0.6 is 0 Å². The van der Waals surface area contributed by atoms with E-state index in [9.17, 15) is 9.59 Å². The highest BCUT2D eigenvalue weighted by molar-refractivity contribution is 5.99. The number of piperazine rings is 1. The van der Waals surface area contributed by atoms with Crippen LogP contribution in [-0.4, -0.2) is 82.6 Å². The standard InChI is InChI=1S/C33H36N6O2/c1-23-4-5-26(16-28(23)17-31(40)27-10-11-32(34-18-27)38-14-12-36(2)13-15-38)33(41)39-21-30(22-39)25-8-6-24(7-9-25)29-19-35-37(3)20-29/h4-11,16,18-20,30H,12-15,17,21-22H2,1-3H3. The number of benzene rings is 2. The Balaban J connectivity index is 1.06. The van der Waals surface area contributed by atoms with Crippen molar-refractivity contribution in [2.24, 2.45) is 7.05 Å². The molecule has 4 heterocycles. The molecule has 0 aliphatic carbocycles. The summed E-state index contributed by atoms with van der Waals surface area (Å²) in [6, 6.07) is 18.1. The van der Waals surface area contributed by atoms with Crippen molar-refractivity contribution in [3.05, 3.63) is 101 Å². The second-order valence-corrected chi connectivity index (χ2v) is 11.4. The van der Waals surface area contributed by atoms with E-state index < -0.39 is 0 Å². The van der Waals surface area contributed by atoms with Crippen molar-refractivity contribution in [1.82, 2.24) is 24.6 Å². The molecule has 8 heteroatoms. The van der Waals surface area contributed by atoms with Crippen molar-refractivity contribution in [3.63, 3.8) is 0 Å². The SMILES string of the molecule is Cc1ccc(C(=O)N2CC(c3ccc(-c4cnn(C)c4)cc3)C2)cc1CC(=O)c1ccc(N2CCN(C)CC2)nc1. The van der Waals surface area contributed by atoms with E-state index in [0.717, 1.165) is 54.3 Å². The molecule has 1 amide bonds. The Morgan fingerprint density at radius 3 is 2.24 bits per heavy atom. The lowest BCUT2D eigenvalue weighted by Gasteiger charge is -2.39. The van der Waals surface area contributed by atoms with E-state index in [2.05, 4.69) is 51.2 Å². The number of carbonyl (C=O) groups excluding carboxylic acids is 2. The first-order chi connectivity index (χ1) is 19.8. The molecule has 8 nitrogen and oxygen atoms in total. The minimum atomic E-state index is 0.00821. The van der Waals surface area contributed by atoms with E-state index in [1.165, 1.54) is 5.56 Å². The molecule has 0 radical (unpaired) electrons. The Labute approximate surface area is 241 Å². The summed E-state index contributed by atoms with van der Waals surface area (Å²) in [5.41, 5.74) is 6.59. The number of aryl methyl sites for hydroxylation is 2. The molecule has 0 unspecified atom stereocenters. The summed E-state index contributed by atoms with van der Waals surface area (Å²) >= 11 is 0. The average Bonchev–Trinajstić information content (AvgIpc) is 3.40. The van der Waals surface area contributed by atoms with Crippen LogP contribution in [0.5, 0.6) is 0 Å². The molecule has 0 saturated carbocycles. The van der Waals surface area contributed by atoms with Gasteiger partial charge in [0.2, 0.25) is 0 Å². The normalized spacial score (nSPS) is 16.1. The van der Waals surface area contributed by atoms with Crippen LogP contribution in [0, 0.1) is 6.92 Å². The van der Waals surface area contributed by atoms with Crippen molar-refractivity contribution in [1.29, 1.82) is 0 Å². The maximum atomic E-state index is 13.3. The fourth-order valence-corrected chi connectivity index (χ4v) is 5.60. The molecule has 2 aliphatic heterocycles. The minimum absolute atomic E-state index is 0.00821. The highest BCUT2D eigenvalue weighted by Crippen LogP contribution is 2.30. The predicted molar refractivity (Wildman–Crippen MR) is 160 cm³/mol. The molecule has 2 aromatic heterocycles. The van der Waals surface area contributed by atoms with Crippen molar-refractivity contribution < 1.29 is 9.59 Å². The molecule has 0 atom stereocenters. The van der Waals surface area contributed by atoms with E-state index >= 15 is 0 Å². The number of ketones is 1. The monoisotopic (exact) mass is 548 g/mol. The van der Waals surface area contributed by atoms with Crippen LogP contribution in [0.1, 0.15) is 43.3 Å². The molecule has 210 valence electrons. The summed E-state index contributed by atoms with van der Waals surface area (Å²) in [6.07, 6.45) is 5.80. The number of likely N-dealkylation sites (tertiary alicyclic amines) is 1. The maximum absolute atomic E-state index is 13.3. The van der Waals surface area contributed by atoms with Gasteiger partial charge in [-0.25, -0.2) is 4.98 Å². The third kappa shape index (κ3) is 5.79. The van der Waals surface area contributed by atoms with Gasteiger partial charge in [0.15, 0.2) is 5.78 Å². The molecular weight excluding hydrogens is 512 g/mol. The predicted octanol–water partition coefficient (Wildman–Crippen LogP) is 4.21. The molecule has 2 saturated heterocycles. The van der Waals surface area contributed by atoms with Gasteiger partial charge < -0.3 is 14.7 Å². The molecule has 4 aromatic rings. The summed E-state index contributed by atoms with van der Waals surface area (Å²) < 4.78 is 1.80. The van der Waals surface area contributed by atoms with Gasteiger partial charge in [0, 0.05) is 87.7 Å². The number of rotatable bonds is 7. The molecule has 2 aromatic carbocycles. The van der Waals surface area contributed by atoms with Crippen molar-refractivity contribution in [2.75, 3.05) is 51.2 Å². The largest absolute Gasteiger partial charge is 0.354 e. The Hall–Kier alpha value is -4.30. The number of amides is 1. The third-order valence-electron chi connectivity index (χ3n) is 8.43. The molecule has 6 rings (SSSR count). The van der Waals surface area contributed by atoms with Crippen molar-refractivity contribution in [3.8, 4) is 11.1 Å². The third-order valence-corrected chi connectivity index (χ3v) is 8.43. The van der Waals surface area contributed by atoms with Gasteiger partial charge in [0.25, 0.3) is 5.91 Å². The Morgan fingerprint density at radius 1 is 0.854 bits per heavy atom. The summed E-state index contributed by atoms with van der Waals surface area (Å²) in [7, 11) is 4.04. The lowest BCUT2D eigenvalue weighted by molar-refractivity contribution is 0.0602. The van der Waals surface area contributed by atoms with Crippen LogP contribution in [0.4, 0.5) is 5.82 Å². The zero-order chi connectivity index (χ0) is 28.5. The molecule has 0 spiro atoms. The molecule has 2 aliphatic rings. The highest BCUT2D eigenvalue weighted by Gasteiger charge is 2.32. The number of likely N-dealkylation sites (N-methyl/N-ethyl adjacent to an activating group) is 1. The van der Waals surface area contributed by atoms with Crippen LogP contribution < -0.4 is 4.90 Å². The van der Waals surface area contributed by atoms with Crippen LogP contribution in [-0.2, 0) is 13.5 Å². The lowest BCUT2D eigenvalue weighted by atomic mass is 9.89. The number of pyridine rings is 1. The number of carbonyl (C=O) groups is 2. The average molecular weight is 549 g/mol. The van der Waals surface area contributed by atoms with Crippen molar-refractivity contribution in [2.45, 2.75) is 19.3 Å². The quantitative estimate of drug-likeness (QED) is 0.322. The van der Waals surface area contributed by atoms with E-state index in [4.69, 9.17) is 0 Å². The van der Waals surface area contributed by atoms with Gasteiger partial charge in [-0.1, -0.05) is 30.3 Å². The zero-order valence-electron chi connectivity index (χ0n) is 24.0. The number of hydrogen-bond acceptors (Lipinski definition) is 6. The Bertz CT molecular complexity index is 1550. The number of aromatic nitrogens is 3. The Kier molecular flexibility index (Phi) is 7.41. The minimum Gasteiger partial charge on any atom is -0.354 e. The highest BCUT2D eigenvalue weighted by atomic mass is 16.2.